The summed E-state index contributed by atoms with van der Waals surface area (Å²) in [7, 11) is 6.10. The van der Waals surface area contributed by atoms with Crippen LogP contribution in [-0.2, 0) is 7.05 Å². The van der Waals surface area contributed by atoms with E-state index in [2.05, 4.69) is 59.0 Å². The van der Waals surface area contributed by atoms with Crippen LogP contribution in [0.4, 0.5) is 5.69 Å². The number of nitriles is 1. The zero-order valence-electron chi connectivity index (χ0n) is 15.0. The summed E-state index contributed by atoms with van der Waals surface area (Å²) < 4.78 is 2.18. The third-order valence-corrected chi connectivity index (χ3v) is 6.13. The second-order valence-electron chi connectivity index (χ2n) is 6.71. The van der Waals surface area contributed by atoms with Gasteiger partial charge in [-0.05, 0) is 23.8 Å². The molecule has 0 radical (unpaired) electrons. The van der Waals surface area contributed by atoms with Gasteiger partial charge < -0.3 is 15.2 Å². The molecule has 1 unspecified atom stereocenters. The Morgan fingerprint density at radius 1 is 1.12 bits per heavy atom. The van der Waals surface area contributed by atoms with Crippen LogP contribution in [0.3, 0.4) is 0 Å². The lowest BCUT2D eigenvalue weighted by atomic mass is 9.85. The van der Waals surface area contributed by atoms with Crippen molar-refractivity contribution in [3.63, 3.8) is 0 Å². The van der Waals surface area contributed by atoms with Crippen molar-refractivity contribution in [2.75, 3.05) is 19.0 Å². The van der Waals surface area contributed by atoms with Gasteiger partial charge in [-0.15, -0.1) is 0 Å². The molecule has 1 aromatic heterocycles. The van der Waals surface area contributed by atoms with Crippen LogP contribution in [0, 0.1) is 11.3 Å². The number of nitrogens with zero attached hydrogens (tertiary/aromatic N) is 3. The van der Waals surface area contributed by atoms with Crippen molar-refractivity contribution in [1.29, 1.82) is 5.26 Å². The Bertz CT molecular complexity index is 1070. The van der Waals surface area contributed by atoms with E-state index < -0.39 is 0 Å². The molecule has 2 aromatic carbocycles. The van der Waals surface area contributed by atoms with Crippen LogP contribution in [0.15, 0.2) is 64.2 Å². The van der Waals surface area contributed by atoms with Gasteiger partial charge in [-0.1, -0.05) is 42.1 Å². The van der Waals surface area contributed by atoms with Crippen molar-refractivity contribution in [2.45, 2.75) is 10.9 Å². The van der Waals surface area contributed by atoms with Crippen LogP contribution in [-0.4, -0.2) is 18.7 Å². The van der Waals surface area contributed by atoms with Crippen LogP contribution >= 0.6 is 11.8 Å². The number of thioether (sulfide) groups is 1. The van der Waals surface area contributed by atoms with E-state index in [9.17, 15) is 5.26 Å². The first-order chi connectivity index (χ1) is 12.5. The van der Waals surface area contributed by atoms with Gasteiger partial charge in [-0.3, -0.25) is 0 Å². The van der Waals surface area contributed by atoms with E-state index in [0.29, 0.717) is 10.6 Å². The van der Waals surface area contributed by atoms with Gasteiger partial charge in [0, 0.05) is 49.2 Å². The van der Waals surface area contributed by atoms with E-state index in [-0.39, 0.29) is 5.92 Å². The Kier molecular flexibility index (Phi) is 3.93. The number of fused-ring (bicyclic) bond motifs is 3. The zero-order valence-corrected chi connectivity index (χ0v) is 15.8. The predicted molar refractivity (Wildman–Crippen MR) is 108 cm³/mol. The average Bonchev–Trinajstić information content (AvgIpc) is 2.93. The normalized spacial score (nSPS) is 16.5. The lowest BCUT2D eigenvalue weighted by Gasteiger charge is -2.25. The van der Waals surface area contributed by atoms with Gasteiger partial charge in [0.2, 0.25) is 0 Å². The number of hydrogen-bond acceptors (Lipinski definition) is 4. The van der Waals surface area contributed by atoms with Gasteiger partial charge in [0.15, 0.2) is 0 Å². The zero-order chi connectivity index (χ0) is 18.4. The predicted octanol–water partition coefficient (Wildman–Crippen LogP) is 4.18. The summed E-state index contributed by atoms with van der Waals surface area (Å²) in [6.45, 7) is 0. The summed E-state index contributed by atoms with van der Waals surface area (Å²) in [4.78, 5) is 2.07. The highest BCUT2D eigenvalue weighted by atomic mass is 32.2. The molecule has 1 aliphatic heterocycles. The van der Waals surface area contributed by atoms with Crippen LogP contribution < -0.4 is 10.6 Å². The number of hydrogen-bond donors (Lipinski definition) is 1. The van der Waals surface area contributed by atoms with Gasteiger partial charge in [0.05, 0.1) is 21.7 Å². The molecule has 0 bridgehead atoms. The Morgan fingerprint density at radius 2 is 1.81 bits per heavy atom. The highest BCUT2D eigenvalue weighted by molar-refractivity contribution is 8.03. The van der Waals surface area contributed by atoms with Crippen molar-refractivity contribution in [1.82, 2.24) is 4.57 Å². The molecule has 2 N–H and O–H groups in total. The Hall–Kier alpha value is -2.84. The Balaban J connectivity index is 1.98. The molecule has 0 fully saturated rings. The molecular weight excluding hydrogens is 340 g/mol. The molecule has 26 heavy (non-hydrogen) atoms. The quantitative estimate of drug-likeness (QED) is 0.745. The van der Waals surface area contributed by atoms with Gasteiger partial charge in [-0.2, -0.15) is 5.26 Å². The third kappa shape index (κ3) is 2.38. The van der Waals surface area contributed by atoms with Crippen molar-refractivity contribution < 1.29 is 0 Å². The first-order valence-corrected chi connectivity index (χ1v) is 9.26. The van der Waals surface area contributed by atoms with Crippen LogP contribution in [0.1, 0.15) is 17.0 Å². The van der Waals surface area contributed by atoms with E-state index in [0.717, 1.165) is 21.8 Å². The van der Waals surface area contributed by atoms with Gasteiger partial charge in [0.1, 0.15) is 0 Å². The fraction of sp³-hybridized carbons (Fsp3) is 0.190. The third-order valence-electron chi connectivity index (χ3n) is 5.00. The van der Waals surface area contributed by atoms with Crippen molar-refractivity contribution in [3.05, 3.63) is 70.3 Å². The monoisotopic (exact) mass is 360 g/mol. The number of allylic oxidation sites excluding steroid dienone is 1. The second-order valence-corrected chi connectivity index (χ2v) is 7.74. The molecule has 0 aliphatic carbocycles. The highest BCUT2D eigenvalue weighted by Crippen LogP contribution is 2.49. The summed E-state index contributed by atoms with van der Waals surface area (Å²) in [5.41, 5.74) is 11.5. The smallest absolute Gasteiger partial charge is 0.0984 e. The minimum absolute atomic E-state index is 0.140. The maximum absolute atomic E-state index is 9.82. The van der Waals surface area contributed by atoms with E-state index in [1.165, 1.54) is 22.7 Å². The maximum atomic E-state index is 9.82. The fourth-order valence-corrected chi connectivity index (χ4v) is 4.72. The number of benzene rings is 2. The summed E-state index contributed by atoms with van der Waals surface area (Å²) in [6.07, 6.45) is 0. The largest absolute Gasteiger partial charge is 0.392 e. The molecule has 3 aromatic rings. The summed E-state index contributed by atoms with van der Waals surface area (Å²) in [6, 6.07) is 19.1. The van der Waals surface area contributed by atoms with Crippen LogP contribution in [0.5, 0.6) is 0 Å². The van der Waals surface area contributed by atoms with Crippen molar-refractivity contribution in [2.24, 2.45) is 12.8 Å². The molecule has 5 heteroatoms. The first kappa shape index (κ1) is 16.6. The summed E-state index contributed by atoms with van der Waals surface area (Å²) >= 11 is 1.49. The van der Waals surface area contributed by atoms with Crippen LogP contribution in [0.2, 0.25) is 0 Å². The molecule has 0 spiro atoms. The van der Waals surface area contributed by atoms with E-state index in [1.807, 2.05) is 26.2 Å². The number of para-hydroxylation sites is 1. The number of aryl methyl sites for hydroxylation is 1. The molecule has 0 saturated carbocycles. The molecule has 1 atom stereocenters. The molecule has 4 nitrogen and oxygen atoms in total. The van der Waals surface area contributed by atoms with Gasteiger partial charge in [-0.25, -0.2) is 0 Å². The average molecular weight is 360 g/mol. The lowest BCUT2D eigenvalue weighted by molar-refractivity contribution is 0.813. The molecule has 4 rings (SSSR count). The minimum Gasteiger partial charge on any atom is -0.392 e. The van der Waals surface area contributed by atoms with Crippen molar-refractivity contribution in [3.8, 4) is 6.07 Å². The maximum Gasteiger partial charge on any atom is 0.0984 e. The summed E-state index contributed by atoms with van der Waals surface area (Å²) in [5.74, 6) is -0.140. The molecular formula is C21H20N4S. The van der Waals surface area contributed by atoms with Gasteiger partial charge >= 0.3 is 0 Å². The Morgan fingerprint density at radius 3 is 2.46 bits per heavy atom. The molecule has 2 heterocycles. The van der Waals surface area contributed by atoms with E-state index in [1.54, 1.807) is 0 Å². The second kappa shape index (κ2) is 6.15. The molecule has 0 saturated heterocycles. The lowest BCUT2D eigenvalue weighted by Crippen LogP contribution is -2.15. The Labute approximate surface area is 157 Å². The van der Waals surface area contributed by atoms with E-state index >= 15 is 0 Å². The fourth-order valence-electron chi connectivity index (χ4n) is 3.67. The van der Waals surface area contributed by atoms with Crippen molar-refractivity contribution >= 4 is 28.4 Å². The number of nitrogens with two attached hydrogens (primary N) is 1. The van der Waals surface area contributed by atoms with Crippen LogP contribution in [0.25, 0.3) is 10.9 Å². The number of aromatic nitrogens is 1. The van der Waals surface area contributed by atoms with Gasteiger partial charge in [0.25, 0.3) is 0 Å². The topological polar surface area (TPSA) is 58.0 Å². The number of anilines is 1. The molecule has 130 valence electrons. The summed E-state index contributed by atoms with van der Waals surface area (Å²) in [5, 5.41) is 12.7. The number of rotatable bonds is 2. The van der Waals surface area contributed by atoms with E-state index in [4.69, 9.17) is 5.73 Å². The molecule has 0 amide bonds. The first-order valence-electron chi connectivity index (χ1n) is 8.45. The minimum atomic E-state index is -0.140. The standard InChI is InChI=1S/C21H20N4S/c1-24(2)14-10-8-13(9-11-14)18-16(12-22)20(23)26-21-19(18)15-6-4-5-7-17(15)25(21)3/h4-11,18H,23H2,1-3H3. The molecule has 1 aliphatic rings. The SMILES string of the molecule is CN(C)c1ccc(C2C(C#N)=C(N)Sc3c2c2ccccc2n3C)cc1. The highest BCUT2D eigenvalue weighted by Gasteiger charge is 2.33.